The third-order valence-electron chi connectivity index (χ3n) is 5.82. The molecule has 3 aromatic rings. The van der Waals surface area contributed by atoms with Crippen LogP contribution in [0.25, 0.3) is 10.9 Å². The quantitative estimate of drug-likeness (QED) is 0.628. The maximum Gasteiger partial charge on any atom is 0.261 e. The number of fused-ring (bicyclic) bond motifs is 1. The van der Waals surface area contributed by atoms with Gasteiger partial charge in [0.25, 0.3) is 11.5 Å². The van der Waals surface area contributed by atoms with Gasteiger partial charge in [-0.15, -0.1) is 0 Å². The Labute approximate surface area is 186 Å². The van der Waals surface area contributed by atoms with Crippen LogP contribution in [0.5, 0.6) is 5.75 Å². The number of rotatable bonds is 4. The van der Waals surface area contributed by atoms with Gasteiger partial charge in [0, 0.05) is 26.2 Å². The highest BCUT2D eigenvalue weighted by atomic mass is 16.5. The first-order valence-corrected chi connectivity index (χ1v) is 10.7. The summed E-state index contributed by atoms with van der Waals surface area (Å²) in [4.78, 5) is 46.8. The van der Waals surface area contributed by atoms with E-state index >= 15 is 0 Å². The highest BCUT2D eigenvalue weighted by molar-refractivity contribution is 5.97. The summed E-state index contributed by atoms with van der Waals surface area (Å²) in [5.41, 5.74) is 0.919. The molecule has 166 valence electrons. The minimum atomic E-state index is -0.218. The van der Waals surface area contributed by atoms with Crippen molar-refractivity contribution in [2.24, 2.45) is 0 Å². The Bertz CT molecular complexity index is 1220. The van der Waals surface area contributed by atoms with Gasteiger partial charge in [-0.3, -0.25) is 19.0 Å². The Morgan fingerprint density at radius 2 is 1.66 bits per heavy atom. The number of hydrogen-bond acceptors (Lipinski definition) is 5. The summed E-state index contributed by atoms with van der Waals surface area (Å²) in [7, 11) is 1.54. The number of ether oxygens (including phenoxy) is 1. The van der Waals surface area contributed by atoms with E-state index in [0.29, 0.717) is 60.6 Å². The standard InChI is InChI=1S/C24H26N4O4/c1-17-25-20-10-5-3-8-18(20)24(31)28(17)16-22(29)26-12-7-13-27(15-14-26)23(30)19-9-4-6-11-21(19)32-2/h3-6,8-11H,7,12-16H2,1-2H3. The number of benzene rings is 2. The average Bonchev–Trinajstić information content (AvgIpc) is 3.07. The zero-order valence-electron chi connectivity index (χ0n) is 18.3. The van der Waals surface area contributed by atoms with Gasteiger partial charge in [-0.1, -0.05) is 24.3 Å². The molecule has 0 radical (unpaired) electrons. The van der Waals surface area contributed by atoms with Crippen molar-refractivity contribution in [3.05, 3.63) is 70.3 Å². The van der Waals surface area contributed by atoms with Gasteiger partial charge in [0.15, 0.2) is 0 Å². The van der Waals surface area contributed by atoms with Crippen LogP contribution < -0.4 is 10.3 Å². The van der Waals surface area contributed by atoms with E-state index in [1.807, 2.05) is 12.1 Å². The molecule has 0 spiro atoms. The van der Waals surface area contributed by atoms with E-state index in [-0.39, 0.29) is 23.9 Å². The van der Waals surface area contributed by atoms with E-state index in [0.717, 1.165) is 0 Å². The van der Waals surface area contributed by atoms with Gasteiger partial charge in [0.2, 0.25) is 5.91 Å². The first kappa shape index (κ1) is 21.5. The molecule has 1 fully saturated rings. The molecule has 1 aliphatic heterocycles. The second-order valence-electron chi connectivity index (χ2n) is 7.79. The number of methoxy groups -OCH3 is 1. The first-order chi connectivity index (χ1) is 15.5. The van der Waals surface area contributed by atoms with Crippen molar-refractivity contribution in [3.63, 3.8) is 0 Å². The number of aryl methyl sites for hydroxylation is 1. The van der Waals surface area contributed by atoms with Crippen LogP contribution in [0.15, 0.2) is 53.3 Å². The van der Waals surface area contributed by atoms with E-state index in [9.17, 15) is 14.4 Å². The summed E-state index contributed by atoms with van der Waals surface area (Å²) in [6, 6.07) is 14.3. The van der Waals surface area contributed by atoms with Crippen molar-refractivity contribution < 1.29 is 14.3 Å². The van der Waals surface area contributed by atoms with Crippen molar-refractivity contribution in [2.75, 3.05) is 33.3 Å². The zero-order valence-corrected chi connectivity index (χ0v) is 18.3. The smallest absolute Gasteiger partial charge is 0.261 e. The van der Waals surface area contributed by atoms with E-state index < -0.39 is 0 Å². The molecule has 1 aromatic heterocycles. The largest absolute Gasteiger partial charge is 0.496 e. The number of hydrogen-bond donors (Lipinski definition) is 0. The molecular formula is C24H26N4O4. The lowest BCUT2D eigenvalue weighted by molar-refractivity contribution is -0.131. The molecule has 1 saturated heterocycles. The molecule has 2 amide bonds. The Morgan fingerprint density at radius 3 is 2.47 bits per heavy atom. The molecule has 0 saturated carbocycles. The van der Waals surface area contributed by atoms with Gasteiger partial charge in [0.05, 0.1) is 23.6 Å². The number of aromatic nitrogens is 2. The molecule has 8 heteroatoms. The van der Waals surface area contributed by atoms with Crippen LogP contribution in [-0.2, 0) is 11.3 Å². The molecule has 0 unspecified atom stereocenters. The Balaban J connectivity index is 1.47. The summed E-state index contributed by atoms with van der Waals surface area (Å²) in [6.07, 6.45) is 0.663. The predicted octanol–water partition coefficient (Wildman–Crippen LogP) is 2.09. The van der Waals surface area contributed by atoms with Crippen LogP contribution in [0.3, 0.4) is 0 Å². The number of nitrogens with zero attached hydrogens (tertiary/aromatic N) is 4. The highest BCUT2D eigenvalue weighted by Gasteiger charge is 2.25. The van der Waals surface area contributed by atoms with Crippen molar-refractivity contribution in [3.8, 4) is 5.75 Å². The van der Waals surface area contributed by atoms with Crippen LogP contribution in [-0.4, -0.2) is 64.5 Å². The lowest BCUT2D eigenvalue weighted by atomic mass is 10.1. The molecule has 0 N–H and O–H groups in total. The molecular weight excluding hydrogens is 408 g/mol. The van der Waals surface area contributed by atoms with Gasteiger partial charge >= 0.3 is 0 Å². The van der Waals surface area contributed by atoms with Gasteiger partial charge in [-0.05, 0) is 37.6 Å². The topological polar surface area (TPSA) is 84.7 Å². The third kappa shape index (κ3) is 4.21. The normalized spacial score (nSPS) is 14.3. The number of amides is 2. The van der Waals surface area contributed by atoms with Crippen LogP contribution in [0, 0.1) is 6.92 Å². The molecule has 32 heavy (non-hydrogen) atoms. The lowest BCUT2D eigenvalue weighted by Crippen LogP contribution is -2.40. The number of para-hydroxylation sites is 2. The van der Waals surface area contributed by atoms with Crippen LogP contribution in [0.2, 0.25) is 0 Å². The predicted molar refractivity (Wildman–Crippen MR) is 121 cm³/mol. The van der Waals surface area contributed by atoms with Crippen molar-refractivity contribution in [2.45, 2.75) is 19.9 Å². The van der Waals surface area contributed by atoms with Gasteiger partial charge in [-0.25, -0.2) is 4.98 Å². The molecule has 2 heterocycles. The van der Waals surface area contributed by atoms with Crippen molar-refractivity contribution in [1.29, 1.82) is 0 Å². The van der Waals surface area contributed by atoms with Crippen molar-refractivity contribution >= 4 is 22.7 Å². The highest BCUT2D eigenvalue weighted by Crippen LogP contribution is 2.20. The monoisotopic (exact) mass is 434 g/mol. The van der Waals surface area contributed by atoms with Crippen LogP contribution in [0.1, 0.15) is 22.6 Å². The summed E-state index contributed by atoms with van der Waals surface area (Å²) >= 11 is 0. The maximum absolute atomic E-state index is 13.0. The minimum Gasteiger partial charge on any atom is -0.496 e. The fourth-order valence-corrected chi connectivity index (χ4v) is 4.06. The fraction of sp³-hybridized carbons (Fsp3) is 0.333. The fourth-order valence-electron chi connectivity index (χ4n) is 4.06. The Hall–Kier alpha value is -3.68. The number of carbonyl (C=O) groups is 2. The first-order valence-electron chi connectivity index (χ1n) is 10.7. The Kier molecular flexibility index (Phi) is 6.20. The molecule has 2 aromatic carbocycles. The van der Waals surface area contributed by atoms with Crippen molar-refractivity contribution in [1.82, 2.24) is 19.4 Å². The molecule has 1 aliphatic rings. The molecule has 4 rings (SSSR count). The lowest BCUT2D eigenvalue weighted by Gasteiger charge is -2.23. The molecule has 8 nitrogen and oxygen atoms in total. The van der Waals surface area contributed by atoms with Crippen LogP contribution in [0.4, 0.5) is 0 Å². The number of carbonyl (C=O) groups excluding carboxylic acids is 2. The Morgan fingerprint density at radius 1 is 0.969 bits per heavy atom. The van der Waals surface area contributed by atoms with E-state index in [1.165, 1.54) is 4.57 Å². The zero-order chi connectivity index (χ0) is 22.7. The summed E-state index contributed by atoms with van der Waals surface area (Å²) in [5, 5.41) is 0.496. The van der Waals surface area contributed by atoms with Crippen LogP contribution >= 0.6 is 0 Å². The summed E-state index contributed by atoms with van der Waals surface area (Å²) < 4.78 is 6.74. The van der Waals surface area contributed by atoms with Gasteiger partial charge in [-0.2, -0.15) is 0 Å². The second kappa shape index (κ2) is 9.21. The van der Waals surface area contributed by atoms with E-state index in [4.69, 9.17) is 4.74 Å². The van der Waals surface area contributed by atoms with E-state index in [1.54, 1.807) is 60.2 Å². The average molecular weight is 434 g/mol. The second-order valence-corrected chi connectivity index (χ2v) is 7.79. The van der Waals surface area contributed by atoms with Gasteiger partial charge < -0.3 is 14.5 Å². The minimum absolute atomic E-state index is 0.0665. The third-order valence-corrected chi connectivity index (χ3v) is 5.82. The SMILES string of the molecule is COc1ccccc1C(=O)N1CCCN(C(=O)Cn2c(C)nc3ccccc3c2=O)CC1. The molecule has 0 bridgehead atoms. The molecule has 0 aliphatic carbocycles. The van der Waals surface area contributed by atoms with Gasteiger partial charge in [0.1, 0.15) is 18.1 Å². The molecule has 0 atom stereocenters. The summed E-state index contributed by atoms with van der Waals surface area (Å²) in [6.45, 7) is 3.58. The summed E-state index contributed by atoms with van der Waals surface area (Å²) in [5.74, 6) is 0.777. The maximum atomic E-state index is 13.0. The van der Waals surface area contributed by atoms with E-state index in [2.05, 4.69) is 4.98 Å².